The zero-order chi connectivity index (χ0) is 18.0. The summed E-state index contributed by atoms with van der Waals surface area (Å²) >= 11 is 0. The van der Waals surface area contributed by atoms with Crippen LogP contribution in [-0.4, -0.2) is 16.6 Å². The fourth-order valence-electron chi connectivity index (χ4n) is 2.47. The maximum Gasteiger partial charge on any atom is 0.416 e. The van der Waals surface area contributed by atoms with Gasteiger partial charge in [0.05, 0.1) is 17.6 Å². The number of aryl methyl sites for hydroxylation is 1. The molecular weight excluding hydrogens is 329 g/mol. The molecule has 2 aromatic carbocycles. The number of hydrogen-bond acceptors (Lipinski definition) is 3. The molecule has 0 amide bonds. The summed E-state index contributed by atoms with van der Waals surface area (Å²) in [5.74, 6) is 0. The van der Waals surface area contributed by atoms with Crippen molar-refractivity contribution in [1.29, 1.82) is 0 Å². The van der Waals surface area contributed by atoms with Gasteiger partial charge in [0.25, 0.3) is 0 Å². The lowest BCUT2D eigenvalue weighted by atomic mass is 10.1. The normalized spacial score (nSPS) is 11.4. The Bertz CT molecular complexity index is 867. The highest BCUT2D eigenvalue weighted by molar-refractivity contribution is 5.82. The van der Waals surface area contributed by atoms with E-state index in [9.17, 15) is 13.2 Å². The predicted octanol–water partition coefficient (Wildman–Crippen LogP) is 4.89. The van der Waals surface area contributed by atoms with Gasteiger partial charge >= 0.3 is 6.18 Å². The molecule has 7 heteroatoms. The molecule has 0 aliphatic heterocycles. The molecule has 3 aromatic rings. The summed E-state index contributed by atoms with van der Waals surface area (Å²) < 4.78 is 39.9. The molecule has 0 spiro atoms. The second kappa shape index (κ2) is 6.51. The van der Waals surface area contributed by atoms with Crippen molar-refractivity contribution in [3.05, 3.63) is 60.6 Å². The zero-order valence-corrected chi connectivity index (χ0v) is 13.7. The number of anilines is 3. The van der Waals surface area contributed by atoms with Crippen LogP contribution in [0.15, 0.2) is 55.0 Å². The van der Waals surface area contributed by atoms with E-state index in [1.54, 1.807) is 6.33 Å². The Hall–Kier alpha value is -2.96. The van der Waals surface area contributed by atoms with Gasteiger partial charge < -0.3 is 15.2 Å². The largest absolute Gasteiger partial charge is 0.416 e. The summed E-state index contributed by atoms with van der Waals surface area (Å²) in [6.45, 7) is 0. The fraction of sp³-hybridized carbons (Fsp3) is 0.167. The molecule has 1 heterocycles. The van der Waals surface area contributed by atoms with Gasteiger partial charge in [-0.05, 0) is 42.5 Å². The van der Waals surface area contributed by atoms with Gasteiger partial charge in [-0.2, -0.15) is 13.2 Å². The Morgan fingerprint density at radius 3 is 2.24 bits per heavy atom. The van der Waals surface area contributed by atoms with Gasteiger partial charge in [-0.3, -0.25) is 0 Å². The van der Waals surface area contributed by atoms with E-state index < -0.39 is 11.7 Å². The molecule has 130 valence electrons. The minimum absolute atomic E-state index is 0.572. The quantitative estimate of drug-likeness (QED) is 0.707. The summed E-state index contributed by atoms with van der Waals surface area (Å²) in [6.07, 6.45) is -0.762. The van der Waals surface area contributed by atoms with E-state index in [1.807, 2.05) is 43.1 Å². The number of nitrogens with one attached hydrogen (secondary N) is 2. The third-order valence-corrected chi connectivity index (χ3v) is 3.78. The Morgan fingerprint density at radius 2 is 1.68 bits per heavy atom. The molecule has 0 atom stereocenters. The van der Waals surface area contributed by atoms with Gasteiger partial charge in [0.1, 0.15) is 0 Å². The van der Waals surface area contributed by atoms with Crippen molar-refractivity contribution >= 4 is 17.1 Å². The first-order valence-electron chi connectivity index (χ1n) is 7.61. The number of nitrogens with zero attached hydrogens (tertiary/aromatic N) is 2. The van der Waals surface area contributed by atoms with E-state index in [4.69, 9.17) is 0 Å². The lowest BCUT2D eigenvalue weighted by Crippen LogP contribution is -2.04. The third kappa shape index (κ3) is 3.76. The number of imidazole rings is 1. The molecule has 0 saturated carbocycles. The monoisotopic (exact) mass is 346 g/mol. The topological polar surface area (TPSA) is 41.9 Å². The number of alkyl halides is 3. The summed E-state index contributed by atoms with van der Waals surface area (Å²) in [7, 11) is 3.70. The van der Waals surface area contributed by atoms with Crippen LogP contribution in [0.5, 0.6) is 0 Å². The van der Waals surface area contributed by atoms with Crippen LogP contribution in [0.1, 0.15) is 5.56 Å². The van der Waals surface area contributed by atoms with Crippen molar-refractivity contribution in [1.82, 2.24) is 9.55 Å². The summed E-state index contributed by atoms with van der Waals surface area (Å²) in [5.41, 5.74) is 3.20. The molecule has 25 heavy (non-hydrogen) atoms. The molecule has 3 rings (SSSR count). The van der Waals surface area contributed by atoms with Crippen LogP contribution in [0.3, 0.4) is 0 Å². The average molecular weight is 346 g/mol. The molecule has 0 aliphatic carbocycles. The molecule has 0 radical (unpaired) electrons. The predicted molar refractivity (Wildman–Crippen MR) is 92.9 cm³/mol. The second-order valence-electron chi connectivity index (χ2n) is 5.63. The van der Waals surface area contributed by atoms with Crippen LogP contribution in [-0.2, 0) is 13.2 Å². The van der Waals surface area contributed by atoms with E-state index >= 15 is 0 Å². The first-order chi connectivity index (χ1) is 11.9. The molecule has 2 N–H and O–H groups in total. The summed E-state index contributed by atoms with van der Waals surface area (Å²) in [4.78, 5) is 4.36. The van der Waals surface area contributed by atoms with Crippen molar-refractivity contribution in [2.45, 2.75) is 6.18 Å². The molecule has 0 bridgehead atoms. The first-order valence-corrected chi connectivity index (χ1v) is 7.61. The molecule has 1 aromatic heterocycles. The average Bonchev–Trinajstić information content (AvgIpc) is 3.01. The Labute approximate surface area is 143 Å². The fourth-order valence-corrected chi connectivity index (χ4v) is 2.47. The molecule has 0 unspecified atom stereocenters. The van der Waals surface area contributed by atoms with Crippen LogP contribution in [0, 0.1) is 0 Å². The number of aromatic nitrogens is 2. The van der Waals surface area contributed by atoms with E-state index in [0.717, 1.165) is 34.8 Å². The van der Waals surface area contributed by atoms with Gasteiger partial charge in [0.15, 0.2) is 0 Å². The molecule has 0 aliphatic rings. The number of hydrogen-bond donors (Lipinski definition) is 2. The Balaban J connectivity index is 1.94. The minimum atomic E-state index is -4.34. The first kappa shape index (κ1) is 16.9. The van der Waals surface area contributed by atoms with E-state index in [-0.39, 0.29) is 0 Å². The number of benzene rings is 2. The summed E-state index contributed by atoms with van der Waals surface area (Å²) in [5, 5.41) is 6.24. The Kier molecular flexibility index (Phi) is 4.39. The van der Waals surface area contributed by atoms with Crippen LogP contribution >= 0.6 is 0 Å². The van der Waals surface area contributed by atoms with Crippen LogP contribution in [0.25, 0.3) is 11.3 Å². The maximum absolute atomic E-state index is 12.7. The molecule has 0 fully saturated rings. The van der Waals surface area contributed by atoms with Gasteiger partial charge in [-0.25, -0.2) is 4.98 Å². The van der Waals surface area contributed by atoms with Crippen molar-refractivity contribution in [3.63, 3.8) is 0 Å². The summed E-state index contributed by atoms with van der Waals surface area (Å²) in [6, 6.07) is 10.6. The van der Waals surface area contributed by atoms with Gasteiger partial charge in [-0.15, -0.1) is 0 Å². The second-order valence-corrected chi connectivity index (χ2v) is 5.63. The SMILES string of the molecule is CNc1ccc(Nc2ccc(C(F)(F)F)cc2)c(-c2cn(C)cn2)c1. The van der Waals surface area contributed by atoms with E-state index in [0.29, 0.717) is 5.69 Å². The van der Waals surface area contributed by atoms with Gasteiger partial charge in [-0.1, -0.05) is 0 Å². The Morgan fingerprint density at radius 1 is 1.00 bits per heavy atom. The van der Waals surface area contributed by atoms with Crippen molar-refractivity contribution in [2.75, 3.05) is 17.7 Å². The van der Waals surface area contributed by atoms with E-state index in [1.165, 1.54) is 12.1 Å². The zero-order valence-electron chi connectivity index (χ0n) is 13.7. The smallest absolute Gasteiger partial charge is 0.388 e. The number of rotatable bonds is 4. The van der Waals surface area contributed by atoms with Crippen LogP contribution in [0.2, 0.25) is 0 Å². The van der Waals surface area contributed by atoms with Crippen LogP contribution in [0.4, 0.5) is 30.2 Å². The van der Waals surface area contributed by atoms with E-state index in [2.05, 4.69) is 15.6 Å². The molecule has 4 nitrogen and oxygen atoms in total. The van der Waals surface area contributed by atoms with Gasteiger partial charge in [0, 0.05) is 42.9 Å². The standard InChI is InChI=1S/C18H17F3N4/c1-22-14-7-8-16(15(9-14)17-10-25(2)11-23-17)24-13-5-3-12(4-6-13)18(19,20)21/h3-11,22,24H,1-2H3. The molecular formula is C18H17F3N4. The lowest BCUT2D eigenvalue weighted by molar-refractivity contribution is -0.137. The highest BCUT2D eigenvalue weighted by Crippen LogP contribution is 2.33. The maximum atomic E-state index is 12.7. The van der Waals surface area contributed by atoms with Crippen molar-refractivity contribution < 1.29 is 13.2 Å². The van der Waals surface area contributed by atoms with Crippen molar-refractivity contribution in [3.8, 4) is 11.3 Å². The highest BCUT2D eigenvalue weighted by Gasteiger charge is 2.29. The highest BCUT2D eigenvalue weighted by atomic mass is 19.4. The minimum Gasteiger partial charge on any atom is -0.388 e. The lowest BCUT2D eigenvalue weighted by Gasteiger charge is -2.14. The molecule has 0 saturated heterocycles. The third-order valence-electron chi connectivity index (χ3n) is 3.78. The van der Waals surface area contributed by atoms with Crippen LogP contribution < -0.4 is 10.6 Å². The number of halogens is 3. The van der Waals surface area contributed by atoms with Gasteiger partial charge in [0.2, 0.25) is 0 Å². The van der Waals surface area contributed by atoms with Crippen molar-refractivity contribution in [2.24, 2.45) is 7.05 Å².